The second-order valence-electron chi connectivity index (χ2n) is 8.26. The van der Waals surface area contributed by atoms with Crippen LogP contribution >= 0.6 is 11.3 Å². The molecule has 3 aliphatic rings. The first-order chi connectivity index (χ1) is 14.6. The molecule has 6 rings (SSSR count). The summed E-state index contributed by atoms with van der Waals surface area (Å²) < 4.78 is 31.8. The number of halogens is 2. The molecule has 0 amide bonds. The predicted molar refractivity (Wildman–Crippen MR) is 109 cm³/mol. The monoisotopic (exact) mass is 424 g/mol. The minimum atomic E-state index is -0.642. The smallest absolute Gasteiger partial charge is 0.162 e. The van der Waals surface area contributed by atoms with E-state index in [0.717, 1.165) is 46.0 Å². The number of benzene rings is 1. The molecule has 1 fully saturated rings. The highest BCUT2D eigenvalue weighted by Crippen LogP contribution is 2.47. The minimum Gasteiger partial charge on any atom is -0.303 e. The van der Waals surface area contributed by atoms with Gasteiger partial charge in [-0.3, -0.25) is 9.56 Å². The summed E-state index contributed by atoms with van der Waals surface area (Å²) in [5.74, 6) is 0.561. The van der Waals surface area contributed by atoms with Gasteiger partial charge in [0.25, 0.3) is 0 Å². The average Bonchev–Trinajstić information content (AvgIpc) is 3.22. The Kier molecular flexibility index (Phi) is 3.84. The summed E-state index contributed by atoms with van der Waals surface area (Å²) >= 11 is 1.57. The maximum absolute atomic E-state index is 14.9. The summed E-state index contributed by atoms with van der Waals surface area (Å²) in [6, 6.07) is 3.47. The van der Waals surface area contributed by atoms with Crippen molar-refractivity contribution in [1.82, 2.24) is 14.8 Å². The van der Waals surface area contributed by atoms with Gasteiger partial charge in [-0.15, -0.1) is 21.5 Å². The van der Waals surface area contributed by atoms with Gasteiger partial charge in [0.05, 0.1) is 11.3 Å². The van der Waals surface area contributed by atoms with E-state index in [2.05, 4.69) is 14.8 Å². The lowest BCUT2D eigenvalue weighted by Gasteiger charge is -2.12. The predicted octanol–water partition coefficient (Wildman–Crippen LogP) is 4.31. The van der Waals surface area contributed by atoms with E-state index < -0.39 is 17.7 Å². The van der Waals surface area contributed by atoms with E-state index >= 15 is 0 Å². The molecule has 0 radical (unpaired) electrons. The molecule has 1 aromatic carbocycles. The number of hydrogen-bond acceptors (Lipinski definition) is 5. The SMILES string of the molecule is C[C@@H]1N=C(c2c(F)cccc2F)c2c(sc3c2CC(C=O)C3)-n2c(C3CC3)nnc21. The van der Waals surface area contributed by atoms with Gasteiger partial charge in [-0.1, -0.05) is 6.07 Å². The van der Waals surface area contributed by atoms with Gasteiger partial charge < -0.3 is 4.79 Å². The van der Waals surface area contributed by atoms with Gasteiger partial charge in [0.15, 0.2) is 5.82 Å². The zero-order valence-corrected chi connectivity index (χ0v) is 17.0. The number of fused-ring (bicyclic) bond motifs is 5. The molecule has 1 unspecified atom stereocenters. The third-order valence-corrected chi connectivity index (χ3v) is 7.41. The molecule has 0 saturated heterocycles. The van der Waals surface area contributed by atoms with Crippen molar-refractivity contribution in [2.75, 3.05) is 0 Å². The summed E-state index contributed by atoms with van der Waals surface area (Å²) in [5, 5.41) is 9.73. The second kappa shape index (κ2) is 6.38. The quantitative estimate of drug-likeness (QED) is 0.589. The van der Waals surface area contributed by atoms with Crippen LogP contribution in [0.15, 0.2) is 23.2 Å². The Morgan fingerprint density at radius 2 is 1.83 bits per heavy atom. The van der Waals surface area contributed by atoms with Gasteiger partial charge in [-0.05, 0) is 50.3 Å². The molecule has 3 heterocycles. The van der Waals surface area contributed by atoms with Crippen LogP contribution in [0.1, 0.15) is 64.9 Å². The van der Waals surface area contributed by atoms with E-state index in [0.29, 0.717) is 30.3 Å². The molecule has 30 heavy (non-hydrogen) atoms. The van der Waals surface area contributed by atoms with Crippen LogP contribution in [0.2, 0.25) is 0 Å². The van der Waals surface area contributed by atoms with Crippen LogP contribution in [0.5, 0.6) is 0 Å². The van der Waals surface area contributed by atoms with Crippen molar-refractivity contribution < 1.29 is 13.6 Å². The molecule has 0 N–H and O–H groups in total. The molecule has 1 saturated carbocycles. The zero-order valence-electron chi connectivity index (χ0n) is 16.2. The summed E-state index contributed by atoms with van der Waals surface area (Å²) in [6.45, 7) is 1.88. The Hall–Kier alpha value is -2.74. The maximum Gasteiger partial charge on any atom is 0.162 e. The Morgan fingerprint density at radius 1 is 1.10 bits per heavy atom. The van der Waals surface area contributed by atoms with Crippen LogP contribution in [0.25, 0.3) is 5.00 Å². The number of aldehydes is 1. The largest absolute Gasteiger partial charge is 0.303 e. The average molecular weight is 424 g/mol. The summed E-state index contributed by atoms with van der Waals surface area (Å²) in [4.78, 5) is 17.3. The van der Waals surface area contributed by atoms with E-state index in [-0.39, 0.29) is 11.5 Å². The fourth-order valence-corrected chi connectivity index (χ4v) is 6.01. The van der Waals surface area contributed by atoms with Gasteiger partial charge in [0.1, 0.15) is 34.8 Å². The molecule has 2 atom stereocenters. The number of rotatable bonds is 3. The summed E-state index contributed by atoms with van der Waals surface area (Å²) in [7, 11) is 0. The van der Waals surface area contributed by atoms with E-state index in [9.17, 15) is 13.6 Å². The molecule has 1 aliphatic heterocycles. The molecule has 8 heteroatoms. The first-order valence-corrected chi connectivity index (χ1v) is 11.0. The van der Waals surface area contributed by atoms with E-state index in [1.807, 2.05) is 6.92 Å². The molecule has 0 spiro atoms. The van der Waals surface area contributed by atoms with Gasteiger partial charge in [-0.2, -0.15) is 0 Å². The Balaban J connectivity index is 1.66. The normalized spacial score (nSPS) is 22.2. The number of nitrogens with zero attached hydrogens (tertiary/aromatic N) is 4. The van der Waals surface area contributed by atoms with E-state index in [1.165, 1.54) is 18.2 Å². The van der Waals surface area contributed by atoms with Crippen molar-refractivity contribution in [2.24, 2.45) is 10.9 Å². The highest BCUT2D eigenvalue weighted by atomic mass is 32.1. The molecular formula is C22H18F2N4OS. The van der Waals surface area contributed by atoms with Gasteiger partial charge in [-0.25, -0.2) is 8.78 Å². The lowest BCUT2D eigenvalue weighted by atomic mass is 9.97. The van der Waals surface area contributed by atoms with Crippen LogP contribution < -0.4 is 0 Å². The van der Waals surface area contributed by atoms with Crippen molar-refractivity contribution in [3.63, 3.8) is 0 Å². The number of carbonyl (C=O) groups is 1. The van der Waals surface area contributed by atoms with Crippen LogP contribution in [-0.4, -0.2) is 26.8 Å². The maximum atomic E-state index is 14.9. The zero-order chi connectivity index (χ0) is 20.6. The second-order valence-corrected chi connectivity index (χ2v) is 9.35. The van der Waals surface area contributed by atoms with Crippen molar-refractivity contribution in [1.29, 1.82) is 0 Å². The third-order valence-electron chi connectivity index (χ3n) is 6.17. The van der Waals surface area contributed by atoms with Crippen molar-refractivity contribution >= 4 is 23.3 Å². The lowest BCUT2D eigenvalue weighted by Crippen LogP contribution is -2.13. The minimum absolute atomic E-state index is 0.104. The molecular weight excluding hydrogens is 406 g/mol. The number of aromatic nitrogens is 3. The number of carbonyl (C=O) groups excluding carboxylic acids is 1. The van der Waals surface area contributed by atoms with Gasteiger partial charge in [0, 0.05) is 22.3 Å². The van der Waals surface area contributed by atoms with Crippen molar-refractivity contribution in [2.45, 2.75) is 44.6 Å². The molecule has 0 bridgehead atoms. The van der Waals surface area contributed by atoms with E-state index in [4.69, 9.17) is 4.99 Å². The van der Waals surface area contributed by atoms with Crippen LogP contribution in [-0.2, 0) is 17.6 Å². The number of thiophene rings is 1. The molecule has 2 aliphatic carbocycles. The highest BCUT2D eigenvalue weighted by molar-refractivity contribution is 7.15. The fraction of sp³-hybridized carbons (Fsp3) is 0.364. The third kappa shape index (κ3) is 2.49. The topological polar surface area (TPSA) is 60.1 Å². The van der Waals surface area contributed by atoms with Gasteiger partial charge in [0.2, 0.25) is 0 Å². The van der Waals surface area contributed by atoms with E-state index in [1.54, 1.807) is 11.3 Å². The van der Waals surface area contributed by atoms with Crippen LogP contribution in [0.4, 0.5) is 8.78 Å². The first kappa shape index (κ1) is 18.1. The summed E-state index contributed by atoms with van der Waals surface area (Å²) in [5.41, 5.74) is 1.90. The van der Waals surface area contributed by atoms with Crippen LogP contribution in [0.3, 0.4) is 0 Å². The van der Waals surface area contributed by atoms with Crippen molar-refractivity contribution in [3.05, 3.63) is 63.0 Å². The number of hydrogen-bond donors (Lipinski definition) is 0. The fourth-order valence-electron chi connectivity index (χ4n) is 4.57. The molecule has 5 nitrogen and oxygen atoms in total. The molecule has 3 aromatic rings. The lowest BCUT2D eigenvalue weighted by molar-refractivity contribution is -0.110. The Bertz CT molecular complexity index is 1220. The summed E-state index contributed by atoms with van der Waals surface area (Å²) in [6.07, 6.45) is 4.31. The van der Waals surface area contributed by atoms with Crippen LogP contribution in [0, 0.1) is 17.6 Å². The van der Waals surface area contributed by atoms with Crippen molar-refractivity contribution in [3.8, 4) is 5.00 Å². The standard InChI is InChI=1S/C22H18F2N4OS/c1-10-20-26-27-21(12-5-6-12)28(20)22-17(13-7-11(9-29)8-16(13)30-22)19(25-10)18-14(23)3-2-4-15(18)24/h2-4,9-12H,5-8H2,1H3/t10-,11?/m0/s1. The molecule has 2 aromatic heterocycles. The Labute approximate surface area is 175 Å². The highest BCUT2D eigenvalue weighted by Gasteiger charge is 2.39. The molecule has 152 valence electrons. The Morgan fingerprint density at radius 3 is 2.53 bits per heavy atom. The number of aliphatic imine (C=N–C) groups is 1. The van der Waals surface area contributed by atoms with Gasteiger partial charge >= 0.3 is 0 Å². The first-order valence-electron chi connectivity index (χ1n) is 10.1.